The Balaban J connectivity index is 1.97. The number of aromatic nitrogens is 1. The number of carbonyl (C=O) groups excluding carboxylic acids is 1. The van der Waals surface area contributed by atoms with Crippen LogP contribution in [0.1, 0.15) is 10.4 Å². The predicted octanol–water partition coefficient (Wildman–Crippen LogP) is 3.15. The van der Waals surface area contributed by atoms with E-state index in [-0.39, 0.29) is 5.91 Å². The van der Waals surface area contributed by atoms with Crippen LogP contribution >= 0.6 is 15.9 Å². The van der Waals surface area contributed by atoms with Crippen LogP contribution in [0, 0.1) is 0 Å². The van der Waals surface area contributed by atoms with Gasteiger partial charge in [-0.3, -0.25) is 4.79 Å². The zero-order valence-corrected chi connectivity index (χ0v) is 13.2. The second kappa shape index (κ2) is 7.75. The zero-order chi connectivity index (χ0) is 15.1. The molecule has 1 amide bonds. The van der Waals surface area contributed by atoms with Crippen molar-refractivity contribution < 1.29 is 9.53 Å². The molecule has 0 aliphatic rings. The molecule has 1 heterocycles. The van der Waals surface area contributed by atoms with E-state index < -0.39 is 0 Å². The van der Waals surface area contributed by atoms with E-state index in [4.69, 9.17) is 4.74 Å². The van der Waals surface area contributed by atoms with Gasteiger partial charge in [0.25, 0.3) is 5.91 Å². The average molecular weight is 350 g/mol. The highest BCUT2D eigenvalue weighted by molar-refractivity contribution is 9.10. The van der Waals surface area contributed by atoms with E-state index in [0.29, 0.717) is 24.4 Å². The third kappa shape index (κ3) is 4.54. The van der Waals surface area contributed by atoms with Crippen LogP contribution in [0.2, 0.25) is 0 Å². The van der Waals surface area contributed by atoms with Gasteiger partial charge < -0.3 is 15.4 Å². The fourth-order valence-electron chi connectivity index (χ4n) is 1.70. The number of pyridine rings is 1. The highest BCUT2D eigenvalue weighted by Gasteiger charge is 2.09. The Hall–Kier alpha value is -1.92. The number of hydrogen-bond acceptors (Lipinski definition) is 4. The molecule has 110 valence electrons. The van der Waals surface area contributed by atoms with E-state index in [2.05, 4.69) is 31.5 Å². The zero-order valence-electron chi connectivity index (χ0n) is 11.6. The summed E-state index contributed by atoms with van der Waals surface area (Å²) >= 11 is 3.36. The van der Waals surface area contributed by atoms with Crippen molar-refractivity contribution in [1.29, 1.82) is 0 Å². The largest absolute Gasteiger partial charge is 0.383 e. The fourth-order valence-corrected chi connectivity index (χ4v) is 2.16. The lowest BCUT2D eigenvalue weighted by molar-refractivity contribution is 0.102. The molecule has 0 atom stereocenters. The lowest BCUT2D eigenvalue weighted by atomic mass is 10.2. The van der Waals surface area contributed by atoms with E-state index in [1.807, 2.05) is 24.3 Å². The molecule has 1 aromatic heterocycles. The Morgan fingerprint density at radius 3 is 2.76 bits per heavy atom. The molecule has 2 N–H and O–H groups in total. The van der Waals surface area contributed by atoms with Gasteiger partial charge in [-0.1, -0.05) is 12.1 Å². The van der Waals surface area contributed by atoms with E-state index in [0.717, 1.165) is 10.3 Å². The van der Waals surface area contributed by atoms with Crippen molar-refractivity contribution in [2.45, 2.75) is 0 Å². The molecule has 2 rings (SSSR count). The molecule has 6 heteroatoms. The number of carbonyl (C=O) groups is 1. The number of nitrogens with one attached hydrogen (secondary N) is 2. The first-order valence-corrected chi connectivity index (χ1v) is 7.25. The number of methoxy groups -OCH3 is 1. The van der Waals surface area contributed by atoms with Gasteiger partial charge in [0, 0.05) is 18.1 Å². The number of rotatable bonds is 6. The number of benzene rings is 1. The maximum atomic E-state index is 12.1. The van der Waals surface area contributed by atoms with E-state index in [1.165, 1.54) is 0 Å². The first-order valence-electron chi connectivity index (χ1n) is 6.45. The van der Waals surface area contributed by atoms with Crippen LogP contribution in [0.4, 0.5) is 11.5 Å². The van der Waals surface area contributed by atoms with Crippen molar-refractivity contribution in [3.05, 3.63) is 52.6 Å². The summed E-state index contributed by atoms with van der Waals surface area (Å²) in [4.78, 5) is 16.4. The van der Waals surface area contributed by atoms with Crippen LogP contribution in [0.25, 0.3) is 0 Å². The topological polar surface area (TPSA) is 63.2 Å². The highest BCUT2D eigenvalue weighted by atomic mass is 79.9. The Kier molecular flexibility index (Phi) is 5.71. The number of nitrogens with zero attached hydrogens (tertiary/aromatic N) is 1. The van der Waals surface area contributed by atoms with Crippen molar-refractivity contribution in [3.8, 4) is 0 Å². The van der Waals surface area contributed by atoms with E-state index in [9.17, 15) is 4.79 Å². The highest BCUT2D eigenvalue weighted by Crippen LogP contribution is 2.18. The molecule has 0 saturated carbocycles. The van der Waals surface area contributed by atoms with Crippen molar-refractivity contribution in [1.82, 2.24) is 4.98 Å². The summed E-state index contributed by atoms with van der Waals surface area (Å²) < 4.78 is 5.71. The molecular weight excluding hydrogens is 334 g/mol. The molecule has 0 saturated heterocycles. The van der Waals surface area contributed by atoms with Crippen LogP contribution in [0.5, 0.6) is 0 Å². The monoisotopic (exact) mass is 349 g/mol. The quantitative estimate of drug-likeness (QED) is 0.786. The van der Waals surface area contributed by atoms with Crippen molar-refractivity contribution in [3.63, 3.8) is 0 Å². The molecule has 21 heavy (non-hydrogen) atoms. The fraction of sp³-hybridized carbons (Fsp3) is 0.200. The molecular formula is C15H16BrN3O2. The molecule has 0 aliphatic heterocycles. The van der Waals surface area contributed by atoms with Crippen LogP contribution in [0.15, 0.2) is 47.1 Å². The third-order valence-corrected chi connectivity index (χ3v) is 3.44. The minimum absolute atomic E-state index is 0.177. The van der Waals surface area contributed by atoms with Gasteiger partial charge in [-0.2, -0.15) is 0 Å². The van der Waals surface area contributed by atoms with Crippen LogP contribution in [-0.2, 0) is 4.74 Å². The van der Waals surface area contributed by atoms with E-state index >= 15 is 0 Å². The first kappa shape index (κ1) is 15.5. The number of ether oxygens (including phenoxy) is 1. The predicted molar refractivity (Wildman–Crippen MR) is 86.7 cm³/mol. The summed E-state index contributed by atoms with van der Waals surface area (Å²) in [5.41, 5.74) is 1.23. The van der Waals surface area contributed by atoms with Crippen molar-refractivity contribution in [2.24, 2.45) is 0 Å². The molecule has 0 radical (unpaired) electrons. The summed E-state index contributed by atoms with van der Waals surface area (Å²) in [5.74, 6) is 0.565. The number of amides is 1. The SMILES string of the molecule is COCCNc1ccc(NC(=O)c2ccccc2Br)cn1. The molecule has 2 aromatic rings. The normalized spacial score (nSPS) is 10.2. The van der Waals surface area contributed by atoms with Gasteiger partial charge in [-0.15, -0.1) is 0 Å². The smallest absolute Gasteiger partial charge is 0.256 e. The van der Waals surface area contributed by atoms with Gasteiger partial charge in [-0.25, -0.2) is 4.98 Å². The molecule has 0 unspecified atom stereocenters. The van der Waals surface area contributed by atoms with Gasteiger partial charge in [-0.05, 0) is 40.2 Å². The molecule has 5 nitrogen and oxygen atoms in total. The van der Waals surface area contributed by atoms with Gasteiger partial charge in [0.1, 0.15) is 5.82 Å². The van der Waals surface area contributed by atoms with Crippen LogP contribution in [-0.4, -0.2) is 31.2 Å². The van der Waals surface area contributed by atoms with Gasteiger partial charge in [0.15, 0.2) is 0 Å². The van der Waals surface area contributed by atoms with Crippen molar-refractivity contribution >= 4 is 33.3 Å². The van der Waals surface area contributed by atoms with Gasteiger partial charge in [0.2, 0.25) is 0 Å². The summed E-state index contributed by atoms with van der Waals surface area (Å²) in [5, 5.41) is 5.92. The Bertz CT molecular complexity index is 602. The van der Waals surface area contributed by atoms with E-state index in [1.54, 1.807) is 25.4 Å². The lowest BCUT2D eigenvalue weighted by Gasteiger charge is -2.08. The molecule has 1 aromatic carbocycles. The second-order valence-corrected chi connectivity index (χ2v) is 5.14. The van der Waals surface area contributed by atoms with Crippen molar-refractivity contribution in [2.75, 3.05) is 30.9 Å². The summed E-state index contributed by atoms with van der Waals surface area (Å²) in [6.45, 7) is 1.30. The summed E-state index contributed by atoms with van der Waals surface area (Å²) in [6, 6.07) is 10.9. The summed E-state index contributed by atoms with van der Waals surface area (Å²) in [7, 11) is 1.65. The van der Waals surface area contributed by atoms with Gasteiger partial charge in [0.05, 0.1) is 24.1 Å². The molecule has 0 spiro atoms. The average Bonchev–Trinajstić information content (AvgIpc) is 2.49. The number of halogens is 1. The minimum Gasteiger partial charge on any atom is -0.383 e. The Morgan fingerprint density at radius 1 is 1.29 bits per heavy atom. The summed E-state index contributed by atoms with van der Waals surface area (Å²) in [6.07, 6.45) is 1.61. The Labute approximate surface area is 131 Å². The lowest BCUT2D eigenvalue weighted by Crippen LogP contribution is -2.13. The number of anilines is 2. The van der Waals surface area contributed by atoms with Gasteiger partial charge >= 0.3 is 0 Å². The first-order chi connectivity index (χ1) is 10.2. The Morgan fingerprint density at radius 2 is 2.10 bits per heavy atom. The maximum absolute atomic E-state index is 12.1. The molecule has 0 fully saturated rings. The standard InChI is InChI=1S/C15H16BrN3O2/c1-21-9-8-17-14-7-6-11(10-18-14)19-15(20)12-4-2-3-5-13(12)16/h2-7,10H,8-9H2,1H3,(H,17,18)(H,19,20). The minimum atomic E-state index is -0.177. The number of hydrogen-bond donors (Lipinski definition) is 2. The third-order valence-electron chi connectivity index (χ3n) is 2.75. The van der Waals surface area contributed by atoms with Crippen LogP contribution in [0.3, 0.4) is 0 Å². The molecule has 0 bridgehead atoms. The maximum Gasteiger partial charge on any atom is 0.256 e. The van der Waals surface area contributed by atoms with Crippen LogP contribution < -0.4 is 10.6 Å². The molecule has 0 aliphatic carbocycles. The second-order valence-electron chi connectivity index (χ2n) is 4.29.